The van der Waals surface area contributed by atoms with E-state index in [1.807, 2.05) is 26.8 Å². The molecule has 0 aliphatic rings. The Morgan fingerprint density at radius 3 is 1.88 bits per heavy atom. The van der Waals surface area contributed by atoms with Crippen LogP contribution in [-0.4, -0.2) is 12.9 Å². The van der Waals surface area contributed by atoms with E-state index in [0.717, 1.165) is 5.78 Å². The summed E-state index contributed by atoms with van der Waals surface area (Å²) < 4.78 is 4.90. The number of rotatable bonds is 1. The molecule has 1 nitrogen and oxygen atoms in total. The molecule has 0 amide bonds. The zero-order valence-corrected chi connectivity index (χ0v) is 5.99. The van der Waals surface area contributed by atoms with Gasteiger partial charge < -0.3 is 0 Å². The van der Waals surface area contributed by atoms with Gasteiger partial charge in [0.05, 0.1) is 6.92 Å². The van der Waals surface area contributed by atoms with Crippen molar-refractivity contribution in [1.29, 1.82) is 0 Å². The van der Waals surface area contributed by atoms with Gasteiger partial charge in [0.2, 0.25) is 0 Å². The van der Waals surface area contributed by atoms with Crippen LogP contribution in [0.4, 0.5) is 0 Å². The maximum absolute atomic E-state index is 4.90. The highest BCUT2D eigenvalue weighted by Gasteiger charge is 1.91. The van der Waals surface area contributed by atoms with Crippen LogP contribution in [0.15, 0.2) is 11.6 Å². The highest BCUT2D eigenvalue weighted by Crippen LogP contribution is 1.87. The van der Waals surface area contributed by atoms with Crippen molar-refractivity contribution in [1.82, 2.24) is 0 Å². The summed E-state index contributed by atoms with van der Waals surface area (Å²) in [5, 5.41) is 0. The minimum Gasteiger partial charge on any atom is -0.263 e. The zero-order chi connectivity index (χ0) is 6.57. The number of hydrogen-bond donors (Lipinski definition) is 0. The lowest BCUT2D eigenvalue weighted by molar-refractivity contribution is -0.419. The Labute approximate surface area is 50.7 Å². The molecule has 0 aliphatic heterocycles. The highest BCUT2D eigenvalue weighted by atomic mass is 16.4. The van der Waals surface area contributed by atoms with Crippen molar-refractivity contribution in [3.05, 3.63) is 11.6 Å². The van der Waals surface area contributed by atoms with E-state index in [1.165, 1.54) is 5.57 Å². The molecule has 0 saturated heterocycles. The van der Waals surface area contributed by atoms with Gasteiger partial charge >= 0.3 is 5.78 Å². The molecule has 0 saturated carbocycles. The van der Waals surface area contributed by atoms with Gasteiger partial charge in [-0.3, -0.25) is 4.42 Å². The summed E-state index contributed by atoms with van der Waals surface area (Å²) in [5.41, 5.74) is 1.27. The molecule has 0 N–H and O–H groups in total. The molecule has 0 bridgehead atoms. The van der Waals surface area contributed by atoms with Crippen molar-refractivity contribution in [3.63, 3.8) is 0 Å². The zero-order valence-electron chi connectivity index (χ0n) is 5.99. The third-order valence-electron chi connectivity index (χ3n) is 0.814. The van der Waals surface area contributed by atoms with Crippen LogP contribution >= 0.6 is 0 Å². The minimum absolute atomic E-state index is 0.963. The summed E-state index contributed by atoms with van der Waals surface area (Å²) in [5.74, 6) is 0.963. The summed E-state index contributed by atoms with van der Waals surface area (Å²) in [7, 11) is 1.68. The Hall–Kier alpha value is -0.590. The van der Waals surface area contributed by atoms with Gasteiger partial charge in [0.25, 0.3) is 7.11 Å². The number of allylic oxidation sites excluding steroid dienone is 2. The van der Waals surface area contributed by atoms with Crippen LogP contribution in [0.2, 0.25) is 0 Å². The molecule has 0 rings (SSSR count). The number of ketones is 1. The number of hydrogen-bond acceptors (Lipinski definition) is 0. The van der Waals surface area contributed by atoms with E-state index in [0.29, 0.717) is 0 Å². The standard InChI is InChI=1S/C7H13O/c1-6(2)5-7(3)8-4/h5H,1-4H3/q+1. The molecule has 0 heterocycles. The lowest BCUT2D eigenvalue weighted by atomic mass is 10.3. The molecule has 0 radical (unpaired) electrons. The van der Waals surface area contributed by atoms with Crippen LogP contribution in [0, 0.1) is 0 Å². The van der Waals surface area contributed by atoms with E-state index in [1.54, 1.807) is 7.11 Å². The molecule has 0 fully saturated rings. The Morgan fingerprint density at radius 2 is 1.75 bits per heavy atom. The van der Waals surface area contributed by atoms with E-state index in [2.05, 4.69) is 0 Å². The van der Waals surface area contributed by atoms with Crippen LogP contribution in [0.25, 0.3) is 0 Å². The Morgan fingerprint density at radius 1 is 1.25 bits per heavy atom. The predicted octanol–water partition coefficient (Wildman–Crippen LogP) is 1.71. The fourth-order valence-electron chi connectivity index (χ4n) is 0.465. The van der Waals surface area contributed by atoms with Crippen LogP contribution in [-0.2, 0) is 4.42 Å². The lowest BCUT2D eigenvalue weighted by Crippen LogP contribution is -1.87. The largest absolute Gasteiger partial charge is 0.316 e. The van der Waals surface area contributed by atoms with Gasteiger partial charge in [0, 0.05) is 6.08 Å². The van der Waals surface area contributed by atoms with Crippen molar-refractivity contribution >= 4 is 5.78 Å². The average molecular weight is 113 g/mol. The van der Waals surface area contributed by atoms with E-state index in [4.69, 9.17) is 4.42 Å². The van der Waals surface area contributed by atoms with Gasteiger partial charge in [-0.1, -0.05) is 5.57 Å². The predicted molar refractivity (Wildman–Crippen MR) is 36.0 cm³/mol. The van der Waals surface area contributed by atoms with Gasteiger partial charge in [-0.05, 0) is 13.8 Å². The molecule has 0 aromatic heterocycles. The second kappa shape index (κ2) is 3.42. The first kappa shape index (κ1) is 7.41. The monoisotopic (exact) mass is 113 g/mol. The first-order chi connectivity index (χ1) is 3.66. The summed E-state index contributed by atoms with van der Waals surface area (Å²) in [6, 6.07) is 0. The quantitative estimate of drug-likeness (QED) is 0.362. The summed E-state index contributed by atoms with van der Waals surface area (Å²) >= 11 is 0. The molecule has 0 aliphatic carbocycles. The van der Waals surface area contributed by atoms with Gasteiger partial charge in [-0.15, -0.1) is 0 Å². The molecular formula is C7H13O+. The number of carbonyl (C=O) groups excluding carboxylic acids is 1. The van der Waals surface area contributed by atoms with Crippen LogP contribution in [0.1, 0.15) is 20.8 Å². The molecular weight excluding hydrogens is 100 g/mol. The van der Waals surface area contributed by atoms with E-state index in [9.17, 15) is 0 Å². The van der Waals surface area contributed by atoms with Crippen LogP contribution in [0.3, 0.4) is 0 Å². The first-order valence-corrected chi connectivity index (χ1v) is 2.69. The third-order valence-corrected chi connectivity index (χ3v) is 0.814. The molecule has 0 aromatic carbocycles. The highest BCUT2D eigenvalue weighted by molar-refractivity contribution is 5.88. The second-order valence-electron chi connectivity index (χ2n) is 2.04. The van der Waals surface area contributed by atoms with Crippen molar-refractivity contribution in [2.75, 3.05) is 7.11 Å². The van der Waals surface area contributed by atoms with E-state index in [-0.39, 0.29) is 0 Å². The van der Waals surface area contributed by atoms with E-state index < -0.39 is 0 Å². The second-order valence-corrected chi connectivity index (χ2v) is 2.04. The molecule has 46 valence electrons. The topological polar surface area (TPSA) is 11.3 Å². The fraction of sp³-hybridized carbons (Fsp3) is 0.571. The van der Waals surface area contributed by atoms with Crippen molar-refractivity contribution in [3.8, 4) is 0 Å². The van der Waals surface area contributed by atoms with Gasteiger partial charge in [0.1, 0.15) is 0 Å². The normalized spacial score (nSPS) is 11.2. The molecule has 8 heavy (non-hydrogen) atoms. The maximum atomic E-state index is 4.90. The Kier molecular flexibility index (Phi) is 3.16. The Balaban J connectivity index is 3.89. The minimum atomic E-state index is 0.963. The molecule has 0 spiro atoms. The summed E-state index contributed by atoms with van der Waals surface area (Å²) in [6.07, 6.45) is 2.00. The molecule has 0 atom stereocenters. The lowest BCUT2D eigenvalue weighted by Gasteiger charge is -1.78. The first-order valence-electron chi connectivity index (χ1n) is 2.69. The van der Waals surface area contributed by atoms with Gasteiger partial charge in [-0.25, -0.2) is 0 Å². The van der Waals surface area contributed by atoms with E-state index >= 15 is 0 Å². The van der Waals surface area contributed by atoms with Gasteiger partial charge in [-0.2, -0.15) is 0 Å². The Bertz CT molecular complexity index is 116. The van der Waals surface area contributed by atoms with Crippen LogP contribution in [0.5, 0.6) is 0 Å². The van der Waals surface area contributed by atoms with Crippen molar-refractivity contribution < 1.29 is 4.42 Å². The maximum Gasteiger partial charge on any atom is 0.316 e. The SMILES string of the molecule is C[O+]=C(C)C=C(C)C. The average Bonchev–Trinajstić information content (AvgIpc) is 1.65. The molecule has 1 heteroatoms. The summed E-state index contributed by atoms with van der Waals surface area (Å²) in [4.78, 5) is 0. The molecule has 0 aromatic rings. The molecule has 0 unspecified atom stereocenters. The third kappa shape index (κ3) is 3.59. The van der Waals surface area contributed by atoms with Gasteiger partial charge in [0.15, 0.2) is 0 Å². The van der Waals surface area contributed by atoms with Crippen molar-refractivity contribution in [2.24, 2.45) is 0 Å². The van der Waals surface area contributed by atoms with Crippen molar-refractivity contribution in [2.45, 2.75) is 20.8 Å². The smallest absolute Gasteiger partial charge is 0.263 e. The fourth-order valence-corrected chi connectivity index (χ4v) is 0.465. The summed E-state index contributed by atoms with van der Waals surface area (Å²) in [6.45, 7) is 6.03. The van der Waals surface area contributed by atoms with Crippen LogP contribution < -0.4 is 0 Å².